The number of hydrogen-bond acceptors (Lipinski definition) is 4. The maximum atomic E-state index is 12.3. The molecule has 2 aromatic carbocycles. The van der Waals surface area contributed by atoms with Crippen LogP contribution in [0.4, 0.5) is 11.4 Å². The summed E-state index contributed by atoms with van der Waals surface area (Å²) in [6.07, 6.45) is 1.01. The predicted molar refractivity (Wildman–Crippen MR) is 100 cm³/mol. The van der Waals surface area contributed by atoms with Gasteiger partial charge >= 0.3 is 0 Å². The molecule has 1 amide bonds. The summed E-state index contributed by atoms with van der Waals surface area (Å²) < 4.78 is 30.3. The number of carbonyl (C=O) groups excluding carboxylic acids is 1. The molecule has 0 aliphatic rings. The first kappa shape index (κ1) is 19.4. The molecule has 0 fully saturated rings. The Hall–Kier alpha value is -1.96. The lowest BCUT2D eigenvalue weighted by molar-refractivity contribution is -0.114. The van der Waals surface area contributed by atoms with Gasteiger partial charge in [0.25, 0.3) is 0 Å². The summed E-state index contributed by atoms with van der Waals surface area (Å²) in [7, 11) is -2.24. The molecule has 6 nitrogen and oxygen atoms in total. The maximum Gasteiger partial charge on any atom is 0.245 e. The van der Waals surface area contributed by atoms with Crippen LogP contribution in [-0.4, -0.2) is 34.2 Å². The fourth-order valence-electron chi connectivity index (χ4n) is 2.11. The summed E-state index contributed by atoms with van der Waals surface area (Å²) in [5, 5.41) is 3.11. The van der Waals surface area contributed by atoms with Crippen LogP contribution in [-0.2, 0) is 14.8 Å². The van der Waals surface area contributed by atoms with Gasteiger partial charge in [0.05, 0.1) is 34.8 Å². The lowest BCUT2D eigenvalue weighted by Crippen LogP contribution is -2.37. The third-order valence-electron chi connectivity index (χ3n) is 3.26. The minimum Gasteiger partial charge on any atom is -0.495 e. The summed E-state index contributed by atoms with van der Waals surface area (Å²) in [6, 6.07) is 11.2. The van der Waals surface area contributed by atoms with E-state index in [2.05, 4.69) is 5.32 Å². The zero-order valence-corrected chi connectivity index (χ0v) is 15.8. The molecular weight excluding hydrogens is 387 g/mol. The van der Waals surface area contributed by atoms with Crippen LogP contribution in [0.3, 0.4) is 0 Å². The summed E-state index contributed by atoms with van der Waals surface area (Å²) >= 11 is 11.8. The van der Waals surface area contributed by atoms with Crippen LogP contribution >= 0.6 is 23.2 Å². The summed E-state index contributed by atoms with van der Waals surface area (Å²) in [5.74, 6) is -0.0581. The number of sulfonamides is 1. The Balaban J connectivity index is 2.25. The molecule has 0 aromatic heterocycles. The van der Waals surface area contributed by atoms with Crippen molar-refractivity contribution in [3.8, 4) is 5.75 Å². The Kier molecular flexibility index (Phi) is 6.16. The highest BCUT2D eigenvalue weighted by molar-refractivity contribution is 7.92. The number of anilines is 2. The van der Waals surface area contributed by atoms with Gasteiger partial charge in [0.1, 0.15) is 12.3 Å². The Morgan fingerprint density at radius 1 is 1.16 bits per heavy atom. The lowest BCUT2D eigenvalue weighted by atomic mass is 10.3. The van der Waals surface area contributed by atoms with Crippen LogP contribution in [0.5, 0.6) is 5.75 Å². The maximum absolute atomic E-state index is 12.3. The number of nitrogens with one attached hydrogen (secondary N) is 1. The fourth-order valence-corrected chi connectivity index (χ4v) is 3.25. The predicted octanol–water partition coefficient (Wildman–Crippen LogP) is 3.41. The zero-order valence-electron chi connectivity index (χ0n) is 13.5. The number of benzene rings is 2. The van der Waals surface area contributed by atoms with Crippen molar-refractivity contribution in [2.75, 3.05) is 29.5 Å². The van der Waals surface area contributed by atoms with E-state index < -0.39 is 22.5 Å². The van der Waals surface area contributed by atoms with Gasteiger partial charge in [-0.15, -0.1) is 0 Å². The van der Waals surface area contributed by atoms with Crippen LogP contribution in [0.2, 0.25) is 10.0 Å². The van der Waals surface area contributed by atoms with Crippen molar-refractivity contribution in [2.24, 2.45) is 0 Å². The van der Waals surface area contributed by atoms with Crippen LogP contribution in [0.25, 0.3) is 0 Å². The molecule has 0 spiro atoms. The highest BCUT2D eigenvalue weighted by Crippen LogP contribution is 2.28. The molecule has 2 aromatic rings. The van der Waals surface area contributed by atoms with Crippen LogP contribution in [0, 0.1) is 0 Å². The molecule has 0 heterocycles. The molecule has 0 saturated heterocycles. The molecule has 2 rings (SSSR count). The molecule has 0 unspecified atom stereocenters. The van der Waals surface area contributed by atoms with Crippen LogP contribution in [0.15, 0.2) is 42.5 Å². The van der Waals surface area contributed by atoms with Gasteiger partial charge in [-0.2, -0.15) is 0 Å². The van der Waals surface area contributed by atoms with E-state index in [1.165, 1.54) is 25.3 Å². The Labute approximate surface area is 156 Å². The van der Waals surface area contributed by atoms with Gasteiger partial charge in [0.2, 0.25) is 15.9 Å². The van der Waals surface area contributed by atoms with Gasteiger partial charge in [0, 0.05) is 0 Å². The molecule has 134 valence electrons. The third-order valence-corrected chi connectivity index (χ3v) is 5.14. The van der Waals surface area contributed by atoms with E-state index in [-0.39, 0.29) is 15.7 Å². The number of hydrogen-bond donors (Lipinski definition) is 1. The average Bonchev–Trinajstić information content (AvgIpc) is 2.55. The second-order valence-electron chi connectivity index (χ2n) is 5.12. The van der Waals surface area contributed by atoms with Crippen LogP contribution in [0.1, 0.15) is 0 Å². The first-order chi connectivity index (χ1) is 11.7. The summed E-state index contributed by atoms with van der Waals surface area (Å²) in [6.45, 7) is -0.422. The lowest BCUT2D eigenvalue weighted by Gasteiger charge is -2.22. The molecule has 0 atom stereocenters. The number of methoxy groups -OCH3 is 1. The van der Waals surface area contributed by atoms with Crippen molar-refractivity contribution < 1.29 is 17.9 Å². The van der Waals surface area contributed by atoms with Crippen molar-refractivity contribution in [2.45, 2.75) is 0 Å². The van der Waals surface area contributed by atoms with E-state index in [1.54, 1.807) is 24.3 Å². The van der Waals surface area contributed by atoms with E-state index in [1.807, 2.05) is 0 Å². The molecule has 0 radical (unpaired) electrons. The zero-order chi connectivity index (χ0) is 18.6. The van der Waals surface area contributed by atoms with Gasteiger partial charge in [0.15, 0.2) is 0 Å². The van der Waals surface area contributed by atoms with Gasteiger partial charge in [-0.25, -0.2) is 8.42 Å². The van der Waals surface area contributed by atoms with E-state index in [4.69, 9.17) is 27.9 Å². The number of ether oxygens (including phenoxy) is 1. The van der Waals surface area contributed by atoms with E-state index in [0.29, 0.717) is 11.4 Å². The molecule has 0 saturated carbocycles. The van der Waals surface area contributed by atoms with E-state index in [0.717, 1.165) is 10.6 Å². The number of amides is 1. The molecular formula is C16H16Cl2N2O4S. The molecule has 1 N–H and O–H groups in total. The second-order valence-corrected chi connectivity index (χ2v) is 7.84. The van der Waals surface area contributed by atoms with Crippen molar-refractivity contribution >= 4 is 50.5 Å². The minimum atomic E-state index is -3.71. The number of nitrogens with zero attached hydrogens (tertiary/aromatic N) is 1. The highest BCUT2D eigenvalue weighted by Gasteiger charge is 2.22. The highest BCUT2D eigenvalue weighted by atomic mass is 35.5. The van der Waals surface area contributed by atoms with E-state index >= 15 is 0 Å². The number of carbonyl (C=O) groups is 1. The topological polar surface area (TPSA) is 75.7 Å². The monoisotopic (exact) mass is 402 g/mol. The first-order valence-corrected chi connectivity index (χ1v) is 9.68. The smallest absolute Gasteiger partial charge is 0.245 e. The van der Waals surface area contributed by atoms with Crippen molar-refractivity contribution in [1.82, 2.24) is 0 Å². The fraction of sp³-hybridized carbons (Fsp3) is 0.188. The second kappa shape index (κ2) is 7.95. The molecule has 0 bridgehead atoms. The Bertz CT molecular complexity index is 887. The molecule has 0 aliphatic heterocycles. The molecule has 25 heavy (non-hydrogen) atoms. The third kappa shape index (κ3) is 5.01. The van der Waals surface area contributed by atoms with Gasteiger partial charge in [-0.1, -0.05) is 35.3 Å². The number of halogens is 2. The number of rotatable bonds is 6. The van der Waals surface area contributed by atoms with Crippen molar-refractivity contribution in [3.63, 3.8) is 0 Å². The van der Waals surface area contributed by atoms with Crippen molar-refractivity contribution in [3.05, 3.63) is 52.5 Å². The normalized spacial score (nSPS) is 11.0. The van der Waals surface area contributed by atoms with Gasteiger partial charge in [-0.3, -0.25) is 9.10 Å². The van der Waals surface area contributed by atoms with Gasteiger partial charge < -0.3 is 10.1 Å². The first-order valence-electron chi connectivity index (χ1n) is 7.08. The molecule has 0 aliphatic carbocycles. The average molecular weight is 403 g/mol. The van der Waals surface area contributed by atoms with Gasteiger partial charge in [-0.05, 0) is 30.3 Å². The largest absolute Gasteiger partial charge is 0.495 e. The van der Waals surface area contributed by atoms with E-state index in [9.17, 15) is 13.2 Å². The van der Waals surface area contributed by atoms with Crippen molar-refractivity contribution in [1.29, 1.82) is 0 Å². The number of para-hydroxylation sites is 2. The molecule has 9 heteroatoms. The summed E-state index contributed by atoms with van der Waals surface area (Å²) in [5.41, 5.74) is 0.685. The summed E-state index contributed by atoms with van der Waals surface area (Å²) in [4.78, 5) is 12.3. The Morgan fingerprint density at radius 3 is 2.44 bits per heavy atom. The van der Waals surface area contributed by atoms with Crippen LogP contribution < -0.4 is 14.4 Å². The minimum absolute atomic E-state index is 0.193. The quantitative estimate of drug-likeness (QED) is 0.802. The standard InChI is InChI=1S/C16H16Cl2N2O4S/c1-24-15-6-4-3-5-14(15)19-16(21)10-20(25(2,22)23)11-7-8-12(17)13(18)9-11/h3-9H,10H2,1-2H3,(H,19,21). The SMILES string of the molecule is COc1ccccc1NC(=O)CN(c1ccc(Cl)c(Cl)c1)S(C)(=O)=O. The Morgan fingerprint density at radius 2 is 1.84 bits per heavy atom.